The molecule has 2 unspecified atom stereocenters. The summed E-state index contributed by atoms with van der Waals surface area (Å²) >= 11 is 2.01. The molecule has 3 heterocycles. The molecule has 2 aliphatic heterocycles. The van der Waals surface area contributed by atoms with E-state index >= 15 is 0 Å². The van der Waals surface area contributed by atoms with E-state index in [0.29, 0.717) is 12.6 Å². The number of hydrogen-bond donors (Lipinski definition) is 1. The fourth-order valence-electron chi connectivity index (χ4n) is 3.00. The van der Waals surface area contributed by atoms with Gasteiger partial charge in [-0.3, -0.25) is 4.68 Å². The zero-order valence-corrected chi connectivity index (χ0v) is 11.7. The molecule has 2 aliphatic rings. The number of thioether (sulfide) groups is 1. The fraction of sp³-hybridized carbons (Fsp3) is 0.769. The number of aromatic nitrogens is 2. The summed E-state index contributed by atoms with van der Waals surface area (Å²) in [6.45, 7) is 3.48. The Bertz CT molecular complexity index is 426. The smallest absolute Gasteiger partial charge is 0.0800 e. The Morgan fingerprint density at radius 2 is 2.56 bits per heavy atom. The molecule has 0 bridgehead atoms. The molecule has 0 aliphatic carbocycles. The SMILES string of the molecule is Cc1nn(C2CCOC3(CCSC3)C2)cc1CN. The molecule has 1 aromatic rings. The summed E-state index contributed by atoms with van der Waals surface area (Å²) in [5, 5.41) is 4.63. The zero-order valence-electron chi connectivity index (χ0n) is 10.9. The molecule has 1 aromatic heterocycles. The molecule has 2 atom stereocenters. The molecule has 4 nitrogen and oxygen atoms in total. The molecule has 1 spiro atoms. The van der Waals surface area contributed by atoms with Gasteiger partial charge in [0.05, 0.1) is 17.3 Å². The van der Waals surface area contributed by atoms with Crippen LogP contribution in [0.5, 0.6) is 0 Å². The molecule has 0 amide bonds. The van der Waals surface area contributed by atoms with Crippen LogP contribution in [-0.2, 0) is 11.3 Å². The lowest BCUT2D eigenvalue weighted by Crippen LogP contribution is -2.40. The second-order valence-corrected chi connectivity index (χ2v) is 6.51. The van der Waals surface area contributed by atoms with E-state index in [1.54, 1.807) is 0 Å². The zero-order chi connectivity index (χ0) is 12.6. The first-order valence-corrected chi connectivity index (χ1v) is 7.84. The third-order valence-electron chi connectivity index (χ3n) is 4.15. The highest BCUT2D eigenvalue weighted by Gasteiger charge is 2.41. The van der Waals surface area contributed by atoms with Crippen LogP contribution in [0.15, 0.2) is 6.20 Å². The number of hydrogen-bond acceptors (Lipinski definition) is 4. The van der Waals surface area contributed by atoms with Gasteiger partial charge in [0.1, 0.15) is 0 Å². The van der Waals surface area contributed by atoms with Crippen LogP contribution in [0.1, 0.15) is 36.6 Å². The summed E-state index contributed by atoms with van der Waals surface area (Å²) < 4.78 is 8.18. The van der Waals surface area contributed by atoms with E-state index < -0.39 is 0 Å². The van der Waals surface area contributed by atoms with Gasteiger partial charge in [0.25, 0.3) is 0 Å². The van der Waals surface area contributed by atoms with Crippen LogP contribution < -0.4 is 5.73 Å². The molecular weight excluding hydrogens is 246 g/mol. The highest BCUT2D eigenvalue weighted by atomic mass is 32.2. The van der Waals surface area contributed by atoms with Crippen molar-refractivity contribution in [1.82, 2.24) is 9.78 Å². The quantitative estimate of drug-likeness (QED) is 0.889. The van der Waals surface area contributed by atoms with Crippen LogP contribution in [0.4, 0.5) is 0 Å². The molecule has 2 saturated heterocycles. The van der Waals surface area contributed by atoms with Crippen molar-refractivity contribution in [2.24, 2.45) is 5.73 Å². The number of ether oxygens (including phenoxy) is 1. The van der Waals surface area contributed by atoms with Crippen molar-refractivity contribution in [1.29, 1.82) is 0 Å². The Balaban J connectivity index is 1.78. The van der Waals surface area contributed by atoms with Gasteiger partial charge in [-0.05, 0) is 31.9 Å². The number of nitrogens with zero attached hydrogens (tertiary/aromatic N) is 2. The normalized spacial score (nSPS) is 32.2. The molecular formula is C13H21N3OS. The summed E-state index contributed by atoms with van der Waals surface area (Å²) in [6, 6.07) is 0.483. The van der Waals surface area contributed by atoms with E-state index in [2.05, 4.69) is 16.0 Å². The van der Waals surface area contributed by atoms with Gasteiger partial charge in [0, 0.05) is 30.7 Å². The minimum absolute atomic E-state index is 0.121. The standard InChI is InChI=1S/C13H21N3OS/c1-10-11(7-14)8-16(15-10)12-2-4-17-13(6-12)3-5-18-9-13/h8,12H,2-7,9,14H2,1H3. The first-order valence-electron chi connectivity index (χ1n) is 6.69. The fourth-order valence-corrected chi connectivity index (χ4v) is 4.38. The monoisotopic (exact) mass is 267 g/mol. The molecule has 0 saturated carbocycles. The number of nitrogens with two attached hydrogens (primary N) is 1. The van der Waals surface area contributed by atoms with E-state index in [-0.39, 0.29) is 5.60 Å². The topological polar surface area (TPSA) is 53.1 Å². The lowest BCUT2D eigenvalue weighted by atomic mass is 9.90. The van der Waals surface area contributed by atoms with Crippen LogP contribution in [-0.4, -0.2) is 33.5 Å². The van der Waals surface area contributed by atoms with Crippen molar-refractivity contribution >= 4 is 11.8 Å². The third kappa shape index (κ3) is 2.19. The van der Waals surface area contributed by atoms with Crippen molar-refractivity contribution in [2.45, 2.75) is 44.4 Å². The van der Waals surface area contributed by atoms with Crippen LogP contribution >= 0.6 is 11.8 Å². The molecule has 100 valence electrons. The van der Waals surface area contributed by atoms with Crippen LogP contribution in [0.2, 0.25) is 0 Å². The van der Waals surface area contributed by atoms with E-state index in [1.165, 1.54) is 12.2 Å². The Kier molecular flexibility index (Phi) is 3.38. The molecule has 2 N–H and O–H groups in total. The van der Waals surface area contributed by atoms with Crippen molar-refractivity contribution in [3.63, 3.8) is 0 Å². The summed E-state index contributed by atoms with van der Waals surface area (Å²) in [4.78, 5) is 0. The molecule has 5 heteroatoms. The molecule has 18 heavy (non-hydrogen) atoms. The van der Waals surface area contributed by atoms with Crippen molar-refractivity contribution in [2.75, 3.05) is 18.1 Å². The molecule has 0 radical (unpaired) electrons. The van der Waals surface area contributed by atoms with Gasteiger partial charge in [0.15, 0.2) is 0 Å². The van der Waals surface area contributed by atoms with Crippen molar-refractivity contribution in [3.8, 4) is 0 Å². The maximum absolute atomic E-state index is 6.05. The average molecular weight is 267 g/mol. The minimum Gasteiger partial charge on any atom is -0.374 e. The molecule has 3 rings (SSSR count). The van der Waals surface area contributed by atoms with E-state index in [1.807, 2.05) is 18.7 Å². The van der Waals surface area contributed by atoms with Crippen molar-refractivity contribution < 1.29 is 4.74 Å². The predicted octanol–water partition coefficient (Wildman–Crippen LogP) is 1.88. The van der Waals surface area contributed by atoms with Crippen LogP contribution in [0.3, 0.4) is 0 Å². The van der Waals surface area contributed by atoms with E-state index in [9.17, 15) is 0 Å². The van der Waals surface area contributed by atoms with Gasteiger partial charge in [-0.15, -0.1) is 0 Å². The van der Waals surface area contributed by atoms with Crippen LogP contribution in [0.25, 0.3) is 0 Å². The summed E-state index contributed by atoms with van der Waals surface area (Å²) in [5.74, 6) is 2.38. The minimum atomic E-state index is 0.121. The Morgan fingerprint density at radius 1 is 1.67 bits per heavy atom. The maximum atomic E-state index is 6.05. The molecule has 0 aromatic carbocycles. The Morgan fingerprint density at radius 3 is 3.22 bits per heavy atom. The third-order valence-corrected chi connectivity index (χ3v) is 5.37. The highest BCUT2D eigenvalue weighted by molar-refractivity contribution is 7.99. The predicted molar refractivity (Wildman–Crippen MR) is 73.8 cm³/mol. The summed E-state index contributed by atoms with van der Waals surface area (Å²) in [7, 11) is 0. The second-order valence-electron chi connectivity index (χ2n) is 5.40. The van der Waals surface area contributed by atoms with Gasteiger partial charge in [-0.2, -0.15) is 16.9 Å². The van der Waals surface area contributed by atoms with Gasteiger partial charge < -0.3 is 10.5 Å². The lowest BCUT2D eigenvalue weighted by molar-refractivity contribution is -0.0778. The largest absolute Gasteiger partial charge is 0.374 e. The van der Waals surface area contributed by atoms with Gasteiger partial charge >= 0.3 is 0 Å². The average Bonchev–Trinajstić information content (AvgIpc) is 2.97. The first-order chi connectivity index (χ1) is 8.72. The summed E-state index contributed by atoms with van der Waals surface area (Å²) in [6.07, 6.45) is 5.49. The van der Waals surface area contributed by atoms with Crippen LogP contribution in [0, 0.1) is 6.92 Å². The highest BCUT2D eigenvalue weighted by Crippen LogP contribution is 2.41. The second kappa shape index (κ2) is 4.87. The van der Waals surface area contributed by atoms with E-state index in [0.717, 1.165) is 36.5 Å². The first kappa shape index (κ1) is 12.5. The number of rotatable bonds is 2. The maximum Gasteiger partial charge on any atom is 0.0800 e. The molecule has 2 fully saturated rings. The van der Waals surface area contributed by atoms with Gasteiger partial charge in [-0.1, -0.05) is 0 Å². The van der Waals surface area contributed by atoms with E-state index in [4.69, 9.17) is 10.5 Å². The number of aryl methyl sites for hydroxylation is 1. The Hall–Kier alpha value is -0.520. The Labute approximate surface area is 112 Å². The summed E-state index contributed by atoms with van der Waals surface area (Å²) in [5.41, 5.74) is 8.08. The lowest BCUT2D eigenvalue weighted by Gasteiger charge is -2.37. The van der Waals surface area contributed by atoms with Gasteiger partial charge in [0.2, 0.25) is 0 Å². The van der Waals surface area contributed by atoms with Gasteiger partial charge in [-0.25, -0.2) is 0 Å². The van der Waals surface area contributed by atoms with Crippen molar-refractivity contribution in [3.05, 3.63) is 17.5 Å².